The minimum atomic E-state index is -0.502. The molecule has 1 N–H and O–H groups in total. The molecule has 2 fully saturated rings. The molecule has 0 amide bonds. The number of allylic oxidation sites excluding steroid dienone is 2. The maximum absolute atomic E-state index is 11.4. The fraction of sp³-hybridized carbons (Fsp3) is 0.880. The van der Waals surface area contributed by atoms with Crippen LogP contribution in [0.3, 0.4) is 0 Å². The van der Waals surface area contributed by atoms with Crippen molar-refractivity contribution in [3.63, 3.8) is 0 Å². The molecule has 0 radical (unpaired) electrons. The average molecular weight is 473 g/mol. The summed E-state index contributed by atoms with van der Waals surface area (Å²) in [5, 5.41) is 10.8. The zero-order valence-corrected chi connectivity index (χ0v) is 21.6. The molecule has 0 aromatic carbocycles. The van der Waals surface area contributed by atoms with Crippen LogP contribution in [0.15, 0.2) is 12.2 Å². The fourth-order valence-corrected chi connectivity index (χ4v) is 5.63. The number of hydrogen-bond donors (Lipinski definition) is 1. The van der Waals surface area contributed by atoms with Gasteiger partial charge in [-0.15, -0.1) is 0 Å². The van der Waals surface area contributed by atoms with Crippen LogP contribution in [-0.4, -0.2) is 49.4 Å². The molecule has 32 heavy (non-hydrogen) atoms. The lowest BCUT2D eigenvalue weighted by Crippen LogP contribution is -2.39. The predicted molar refractivity (Wildman–Crippen MR) is 129 cm³/mol. The summed E-state index contributed by atoms with van der Waals surface area (Å²) >= 11 is 0. The Kier molecular flexibility index (Phi) is 12.1. The molecule has 0 bridgehead atoms. The summed E-state index contributed by atoms with van der Waals surface area (Å²) in [5.74, 6) is 0.321. The van der Waals surface area contributed by atoms with Gasteiger partial charge in [-0.2, -0.15) is 0 Å². The molecule has 0 aromatic rings. The molecule has 6 nitrogen and oxygen atoms in total. The molecule has 7 heteroatoms. The zero-order chi connectivity index (χ0) is 23.6. The van der Waals surface area contributed by atoms with E-state index >= 15 is 0 Å². The molecular weight excluding hydrogens is 427 g/mol. The maximum atomic E-state index is 11.4. The Hall–Kier alpha value is -0.520. The molecule has 0 spiro atoms. The Bertz CT molecular complexity index is 577. The van der Waals surface area contributed by atoms with E-state index in [0.29, 0.717) is 32.0 Å². The highest BCUT2D eigenvalue weighted by molar-refractivity contribution is 7.09. The van der Waals surface area contributed by atoms with Gasteiger partial charge in [0.15, 0.2) is 5.79 Å². The molecule has 1 saturated carbocycles. The summed E-state index contributed by atoms with van der Waals surface area (Å²) in [7, 11) is 3.82. The number of hydrogen-bond acceptors (Lipinski definition) is 6. The second kappa shape index (κ2) is 14.0. The monoisotopic (exact) mass is 472 g/mol. The molecule has 1 saturated heterocycles. The third kappa shape index (κ3) is 7.77. The highest BCUT2D eigenvalue weighted by Crippen LogP contribution is 2.44. The second-order valence-corrected chi connectivity index (χ2v) is 10.00. The highest BCUT2D eigenvalue weighted by Gasteiger charge is 2.46. The Morgan fingerprint density at radius 1 is 1.25 bits per heavy atom. The summed E-state index contributed by atoms with van der Waals surface area (Å²) in [6.45, 7) is 7.81. The predicted octanol–water partition coefficient (Wildman–Crippen LogP) is 5.04. The van der Waals surface area contributed by atoms with Crippen LogP contribution < -0.4 is 0 Å². The first-order valence-electron chi connectivity index (χ1n) is 12.4. The van der Waals surface area contributed by atoms with Gasteiger partial charge in [-0.1, -0.05) is 45.8 Å². The van der Waals surface area contributed by atoms with E-state index in [2.05, 4.69) is 35.5 Å². The lowest BCUT2D eigenvalue weighted by Gasteiger charge is -2.36. The molecule has 1 heterocycles. The average Bonchev–Trinajstić information content (AvgIpc) is 3.38. The number of methoxy groups -OCH3 is 1. The van der Waals surface area contributed by atoms with E-state index in [1.54, 1.807) is 0 Å². The van der Waals surface area contributed by atoms with Crippen molar-refractivity contribution < 1.29 is 28.6 Å². The third-order valence-corrected chi connectivity index (χ3v) is 7.72. The van der Waals surface area contributed by atoms with Gasteiger partial charge in [0.1, 0.15) is 0 Å². The summed E-state index contributed by atoms with van der Waals surface area (Å²) in [5.41, 5.74) is 0. The van der Waals surface area contributed by atoms with E-state index in [1.165, 1.54) is 20.0 Å². The Morgan fingerprint density at radius 3 is 2.59 bits per heavy atom. The van der Waals surface area contributed by atoms with Crippen LogP contribution in [0.4, 0.5) is 0 Å². The molecule has 7 atom stereocenters. The summed E-state index contributed by atoms with van der Waals surface area (Å²) in [6.07, 6.45) is 11.8. The SMILES string of the molecule is CCCCC(C)C1(CCC2C(OP)CC(O)C2CC=CCC(C)CC(=O)OC)OCCO1. The molecule has 0 aromatic heterocycles. The van der Waals surface area contributed by atoms with Gasteiger partial charge in [0.2, 0.25) is 0 Å². The number of esters is 1. The molecule has 2 rings (SSSR count). The molecule has 2 aliphatic rings. The number of carbonyl (C=O) groups excluding carboxylic acids is 1. The van der Waals surface area contributed by atoms with Gasteiger partial charge in [-0.05, 0) is 43.4 Å². The van der Waals surface area contributed by atoms with Gasteiger partial charge in [0, 0.05) is 34.6 Å². The van der Waals surface area contributed by atoms with Crippen molar-refractivity contribution in [3.05, 3.63) is 12.2 Å². The van der Waals surface area contributed by atoms with Crippen LogP contribution in [-0.2, 0) is 23.5 Å². The number of carbonyl (C=O) groups is 1. The van der Waals surface area contributed by atoms with Crippen molar-refractivity contribution in [2.45, 2.75) is 96.6 Å². The normalized spacial score (nSPS) is 29.4. The highest BCUT2D eigenvalue weighted by atomic mass is 31.0. The van der Waals surface area contributed by atoms with E-state index in [-0.39, 0.29) is 35.9 Å². The van der Waals surface area contributed by atoms with Crippen LogP contribution >= 0.6 is 9.47 Å². The Balaban J connectivity index is 1.96. The first kappa shape index (κ1) is 27.7. The smallest absolute Gasteiger partial charge is 0.305 e. The third-order valence-electron chi connectivity index (χ3n) is 7.37. The number of rotatable bonds is 14. The van der Waals surface area contributed by atoms with E-state index in [9.17, 15) is 9.90 Å². The summed E-state index contributed by atoms with van der Waals surface area (Å²) in [4.78, 5) is 11.4. The van der Waals surface area contributed by atoms with E-state index < -0.39 is 5.79 Å². The number of aliphatic hydroxyl groups is 1. The number of ether oxygens (including phenoxy) is 3. The van der Waals surface area contributed by atoms with Gasteiger partial charge in [-0.25, -0.2) is 0 Å². The summed E-state index contributed by atoms with van der Waals surface area (Å²) < 4.78 is 22.8. The van der Waals surface area contributed by atoms with Crippen molar-refractivity contribution in [1.82, 2.24) is 0 Å². The summed E-state index contributed by atoms with van der Waals surface area (Å²) in [6, 6.07) is 0. The molecule has 7 unspecified atom stereocenters. The van der Waals surface area contributed by atoms with Crippen molar-refractivity contribution >= 4 is 15.4 Å². The fourth-order valence-electron chi connectivity index (χ4n) is 5.31. The zero-order valence-electron chi connectivity index (χ0n) is 20.5. The van der Waals surface area contributed by atoms with E-state index in [1.807, 2.05) is 6.92 Å². The topological polar surface area (TPSA) is 74.2 Å². The maximum Gasteiger partial charge on any atom is 0.305 e. The molecule has 186 valence electrons. The van der Waals surface area contributed by atoms with Gasteiger partial charge in [0.25, 0.3) is 0 Å². The second-order valence-electron chi connectivity index (χ2n) is 9.72. The van der Waals surface area contributed by atoms with Gasteiger partial charge >= 0.3 is 5.97 Å². The lowest BCUT2D eigenvalue weighted by atomic mass is 9.82. The Labute approximate surface area is 197 Å². The van der Waals surface area contributed by atoms with Gasteiger partial charge < -0.3 is 23.8 Å². The largest absolute Gasteiger partial charge is 0.469 e. The van der Waals surface area contributed by atoms with Crippen molar-refractivity contribution in [3.8, 4) is 0 Å². The molecular formula is C25H45O6P. The molecule has 1 aliphatic heterocycles. The van der Waals surface area contributed by atoms with Crippen molar-refractivity contribution in [2.24, 2.45) is 23.7 Å². The standard InChI is InChI=1S/C25H45O6P/c1-5-6-10-19(3)25(29-14-15-30-25)13-12-21-20(22(26)17-23(21)31-32)11-8-7-9-18(2)16-24(27)28-4/h7-8,18-23,26H,5-6,9-17,32H2,1-4H3. The van der Waals surface area contributed by atoms with Gasteiger partial charge in [0.05, 0.1) is 32.5 Å². The van der Waals surface area contributed by atoms with Crippen LogP contribution in [0.1, 0.15) is 78.6 Å². The minimum absolute atomic E-state index is 0.0241. The molecule has 1 aliphatic carbocycles. The van der Waals surface area contributed by atoms with E-state index in [4.69, 9.17) is 18.7 Å². The van der Waals surface area contributed by atoms with Gasteiger partial charge in [-0.3, -0.25) is 4.79 Å². The van der Waals surface area contributed by atoms with E-state index in [0.717, 1.165) is 32.1 Å². The van der Waals surface area contributed by atoms with Crippen LogP contribution in [0.5, 0.6) is 0 Å². The van der Waals surface area contributed by atoms with Crippen LogP contribution in [0, 0.1) is 23.7 Å². The Morgan fingerprint density at radius 2 is 1.97 bits per heavy atom. The number of unbranched alkanes of at least 4 members (excludes halogenated alkanes) is 1. The first-order valence-corrected chi connectivity index (χ1v) is 12.9. The van der Waals surface area contributed by atoms with Crippen LogP contribution in [0.2, 0.25) is 0 Å². The first-order chi connectivity index (χ1) is 15.4. The minimum Gasteiger partial charge on any atom is -0.469 e. The van der Waals surface area contributed by atoms with Crippen molar-refractivity contribution in [1.29, 1.82) is 0 Å². The van der Waals surface area contributed by atoms with Crippen LogP contribution in [0.25, 0.3) is 0 Å². The lowest BCUT2D eigenvalue weighted by molar-refractivity contribution is -0.201. The number of aliphatic hydroxyl groups excluding tert-OH is 1. The quantitative estimate of drug-likeness (QED) is 0.217. The van der Waals surface area contributed by atoms with Crippen molar-refractivity contribution in [2.75, 3.05) is 20.3 Å².